The van der Waals surface area contributed by atoms with Crippen molar-refractivity contribution in [2.24, 2.45) is 0 Å². The van der Waals surface area contributed by atoms with Gasteiger partial charge in [0.1, 0.15) is 10.6 Å². The molecule has 27 heavy (non-hydrogen) atoms. The van der Waals surface area contributed by atoms with Gasteiger partial charge in [-0.2, -0.15) is 0 Å². The third-order valence-electron chi connectivity index (χ3n) is 3.74. The third-order valence-corrected chi connectivity index (χ3v) is 5.45. The molecule has 0 saturated heterocycles. The van der Waals surface area contributed by atoms with Gasteiger partial charge >= 0.3 is 5.97 Å². The zero-order chi connectivity index (χ0) is 19.6. The van der Waals surface area contributed by atoms with Gasteiger partial charge in [-0.15, -0.1) is 11.3 Å². The summed E-state index contributed by atoms with van der Waals surface area (Å²) in [6, 6.07) is 11.6. The van der Waals surface area contributed by atoms with E-state index in [0.717, 1.165) is 5.56 Å². The Morgan fingerprint density at radius 1 is 1.00 bits per heavy atom. The molecular formula is C19H12Cl3NO3S. The van der Waals surface area contributed by atoms with Crippen molar-refractivity contribution < 1.29 is 14.3 Å². The number of halogens is 3. The molecule has 4 nitrogen and oxygen atoms in total. The Balaban J connectivity index is 2.00. The van der Waals surface area contributed by atoms with Gasteiger partial charge < -0.3 is 10.1 Å². The summed E-state index contributed by atoms with van der Waals surface area (Å²) in [6.45, 7) is 0. The topological polar surface area (TPSA) is 55.4 Å². The molecule has 0 radical (unpaired) electrons. The Hall–Kier alpha value is -2.05. The van der Waals surface area contributed by atoms with Crippen molar-refractivity contribution in [1.29, 1.82) is 0 Å². The molecule has 138 valence electrons. The molecule has 0 fully saturated rings. The van der Waals surface area contributed by atoms with E-state index in [1.54, 1.807) is 35.7 Å². The van der Waals surface area contributed by atoms with Crippen molar-refractivity contribution in [1.82, 2.24) is 0 Å². The first-order valence-corrected chi connectivity index (χ1v) is 9.64. The highest BCUT2D eigenvalue weighted by Crippen LogP contribution is 2.37. The number of thiophene rings is 1. The average molecular weight is 441 g/mol. The van der Waals surface area contributed by atoms with Crippen molar-refractivity contribution in [3.63, 3.8) is 0 Å². The van der Waals surface area contributed by atoms with Crippen molar-refractivity contribution in [2.75, 3.05) is 12.4 Å². The average Bonchev–Trinajstić information content (AvgIpc) is 3.07. The van der Waals surface area contributed by atoms with Crippen LogP contribution in [0.5, 0.6) is 0 Å². The van der Waals surface area contributed by atoms with Crippen LogP contribution in [0.15, 0.2) is 47.8 Å². The molecule has 1 aromatic heterocycles. The van der Waals surface area contributed by atoms with Crippen LogP contribution in [-0.2, 0) is 4.74 Å². The molecule has 1 N–H and O–H groups in total. The summed E-state index contributed by atoms with van der Waals surface area (Å²) in [5, 5.41) is 6.06. The van der Waals surface area contributed by atoms with E-state index in [2.05, 4.69) is 5.32 Å². The van der Waals surface area contributed by atoms with Crippen molar-refractivity contribution in [3.05, 3.63) is 74.0 Å². The highest BCUT2D eigenvalue weighted by molar-refractivity contribution is 7.15. The van der Waals surface area contributed by atoms with Gasteiger partial charge in [-0.1, -0.05) is 46.9 Å². The minimum absolute atomic E-state index is 0.210. The fraction of sp³-hybridized carbons (Fsp3) is 0.0526. The van der Waals surface area contributed by atoms with Crippen molar-refractivity contribution >= 4 is 63.0 Å². The summed E-state index contributed by atoms with van der Waals surface area (Å²) >= 11 is 19.2. The summed E-state index contributed by atoms with van der Waals surface area (Å²) in [6.07, 6.45) is 0. The summed E-state index contributed by atoms with van der Waals surface area (Å²) in [5.74, 6) is -1.04. The number of benzene rings is 2. The summed E-state index contributed by atoms with van der Waals surface area (Å²) in [5.41, 5.74) is 1.88. The zero-order valence-electron chi connectivity index (χ0n) is 13.9. The van der Waals surface area contributed by atoms with E-state index in [0.29, 0.717) is 20.6 Å². The summed E-state index contributed by atoms with van der Waals surface area (Å²) in [7, 11) is 1.28. The number of carbonyl (C=O) groups is 2. The van der Waals surface area contributed by atoms with Crippen LogP contribution in [0.25, 0.3) is 11.1 Å². The molecule has 0 aliphatic carbocycles. The van der Waals surface area contributed by atoms with E-state index in [-0.39, 0.29) is 16.1 Å². The Bertz CT molecular complexity index is 1020. The number of anilines is 1. The van der Waals surface area contributed by atoms with Gasteiger partial charge in [0.25, 0.3) is 5.91 Å². The molecule has 1 heterocycles. The summed E-state index contributed by atoms with van der Waals surface area (Å²) < 4.78 is 4.89. The molecule has 3 aromatic rings. The highest BCUT2D eigenvalue weighted by atomic mass is 35.5. The number of nitrogens with one attached hydrogen (secondary N) is 1. The van der Waals surface area contributed by atoms with Crippen LogP contribution in [0.1, 0.15) is 20.7 Å². The second kappa shape index (κ2) is 8.31. The van der Waals surface area contributed by atoms with Crippen LogP contribution in [0, 0.1) is 0 Å². The van der Waals surface area contributed by atoms with Crippen LogP contribution in [0.3, 0.4) is 0 Å². The van der Waals surface area contributed by atoms with E-state index in [4.69, 9.17) is 39.5 Å². The molecule has 3 rings (SSSR count). The normalized spacial score (nSPS) is 10.5. The van der Waals surface area contributed by atoms with E-state index >= 15 is 0 Å². The molecular weight excluding hydrogens is 429 g/mol. The molecule has 0 aliphatic rings. The maximum absolute atomic E-state index is 12.6. The lowest BCUT2D eigenvalue weighted by Crippen LogP contribution is -2.14. The van der Waals surface area contributed by atoms with Gasteiger partial charge in [0.2, 0.25) is 0 Å². The van der Waals surface area contributed by atoms with Gasteiger partial charge in [-0.05, 0) is 35.9 Å². The second-order valence-electron chi connectivity index (χ2n) is 5.43. The predicted molar refractivity (Wildman–Crippen MR) is 111 cm³/mol. The van der Waals surface area contributed by atoms with E-state index in [9.17, 15) is 9.59 Å². The monoisotopic (exact) mass is 439 g/mol. The highest BCUT2D eigenvalue weighted by Gasteiger charge is 2.23. The van der Waals surface area contributed by atoms with Gasteiger partial charge in [0, 0.05) is 21.0 Å². The Labute approximate surface area is 174 Å². The van der Waals surface area contributed by atoms with Crippen LogP contribution in [0.4, 0.5) is 5.00 Å². The van der Waals surface area contributed by atoms with Gasteiger partial charge in [-0.25, -0.2) is 4.79 Å². The number of esters is 1. The first kappa shape index (κ1) is 19.7. The first-order chi connectivity index (χ1) is 12.9. The first-order valence-electron chi connectivity index (χ1n) is 7.63. The smallest absolute Gasteiger partial charge is 0.341 e. The predicted octanol–water partition coefficient (Wildman–Crippen LogP) is 6.41. The Morgan fingerprint density at radius 3 is 2.33 bits per heavy atom. The molecule has 1 amide bonds. The van der Waals surface area contributed by atoms with Gasteiger partial charge in [-0.3, -0.25) is 4.79 Å². The molecule has 0 unspecified atom stereocenters. The largest absolute Gasteiger partial charge is 0.465 e. The van der Waals surface area contributed by atoms with Crippen LogP contribution in [0.2, 0.25) is 15.1 Å². The minimum atomic E-state index is -0.561. The molecule has 8 heteroatoms. The van der Waals surface area contributed by atoms with Crippen LogP contribution >= 0.6 is 46.1 Å². The lowest BCUT2D eigenvalue weighted by Gasteiger charge is -2.09. The zero-order valence-corrected chi connectivity index (χ0v) is 17.0. The SMILES string of the molecule is COC(=O)c1c(-c2ccc(Cl)cc2)csc1NC(=O)c1cc(Cl)ccc1Cl. The van der Waals surface area contributed by atoms with E-state index < -0.39 is 11.9 Å². The van der Waals surface area contributed by atoms with Crippen molar-refractivity contribution in [2.45, 2.75) is 0 Å². The maximum atomic E-state index is 12.6. The molecule has 0 atom stereocenters. The number of amides is 1. The lowest BCUT2D eigenvalue weighted by atomic mass is 10.0. The number of carbonyl (C=O) groups excluding carboxylic acids is 2. The number of ether oxygens (including phenoxy) is 1. The van der Waals surface area contributed by atoms with Gasteiger partial charge in [0.05, 0.1) is 17.7 Å². The molecule has 2 aromatic carbocycles. The minimum Gasteiger partial charge on any atom is -0.465 e. The van der Waals surface area contributed by atoms with E-state index in [1.165, 1.54) is 30.6 Å². The van der Waals surface area contributed by atoms with Gasteiger partial charge in [0.15, 0.2) is 0 Å². The number of hydrogen-bond acceptors (Lipinski definition) is 4. The molecule has 0 spiro atoms. The fourth-order valence-electron chi connectivity index (χ4n) is 2.44. The fourth-order valence-corrected chi connectivity index (χ4v) is 3.89. The molecule has 0 bridgehead atoms. The molecule has 0 saturated carbocycles. The Kier molecular flexibility index (Phi) is 6.07. The molecule has 0 aliphatic heterocycles. The Morgan fingerprint density at radius 2 is 1.67 bits per heavy atom. The number of hydrogen-bond donors (Lipinski definition) is 1. The quantitative estimate of drug-likeness (QED) is 0.477. The number of rotatable bonds is 4. The number of methoxy groups -OCH3 is 1. The maximum Gasteiger partial charge on any atom is 0.341 e. The third kappa shape index (κ3) is 4.28. The van der Waals surface area contributed by atoms with Crippen molar-refractivity contribution in [3.8, 4) is 11.1 Å². The second-order valence-corrected chi connectivity index (χ2v) is 7.59. The lowest BCUT2D eigenvalue weighted by molar-refractivity contribution is 0.0603. The summed E-state index contributed by atoms with van der Waals surface area (Å²) in [4.78, 5) is 25.0. The van der Waals surface area contributed by atoms with E-state index in [1.807, 2.05) is 0 Å². The van der Waals surface area contributed by atoms with Crippen LogP contribution in [-0.4, -0.2) is 19.0 Å². The standard InChI is InChI=1S/C19H12Cl3NO3S/c1-26-19(25)16-14(10-2-4-11(20)5-3-10)9-27-18(16)23-17(24)13-8-12(21)6-7-15(13)22/h2-9H,1H3,(H,23,24). The van der Waals surface area contributed by atoms with Crippen LogP contribution < -0.4 is 5.32 Å².